The van der Waals surface area contributed by atoms with Crippen molar-refractivity contribution in [1.29, 1.82) is 0 Å². The molecule has 2 aromatic rings. The number of nitrogens with two attached hydrogens (primary N) is 1. The van der Waals surface area contributed by atoms with Gasteiger partial charge in [-0.05, 0) is 30.5 Å². The molecule has 2 N–H and O–H groups in total. The summed E-state index contributed by atoms with van der Waals surface area (Å²) in [6.07, 6.45) is 4.71. The van der Waals surface area contributed by atoms with Crippen LogP contribution in [0.15, 0.2) is 42.7 Å². The first kappa shape index (κ1) is 11.9. The molecular weight excluding hydrogens is 210 g/mol. The number of nitrogens with zero attached hydrogens (tertiary/aromatic N) is 2. The molecule has 0 amide bonds. The van der Waals surface area contributed by atoms with Crippen molar-refractivity contribution in [3.8, 4) is 0 Å². The molecule has 17 heavy (non-hydrogen) atoms. The molecule has 0 radical (unpaired) electrons. The van der Waals surface area contributed by atoms with Crippen LogP contribution in [0.4, 0.5) is 0 Å². The molecule has 2 rings (SSSR count). The van der Waals surface area contributed by atoms with Crippen LogP contribution >= 0.6 is 0 Å². The van der Waals surface area contributed by atoms with Gasteiger partial charge in [-0.3, -0.25) is 4.68 Å². The zero-order valence-electron chi connectivity index (χ0n) is 10.4. The van der Waals surface area contributed by atoms with E-state index in [0.717, 1.165) is 6.42 Å². The Hall–Kier alpha value is -1.61. The Morgan fingerprint density at radius 1 is 1.29 bits per heavy atom. The van der Waals surface area contributed by atoms with Crippen LogP contribution in [0.5, 0.6) is 0 Å². The van der Waals surface area contributed by atoms with E-state index in [9.17, 15) is 0 Å². The van der Waals surface area contributed by atoms with Gasteiger partial charge in [-0.1, -0.05) is 31.2 Å². The Labute approximate surface area is 102 Å². The number of hydrogen-bond acceptors (Lipinski definition) is 2. The van der Waals surface area contributed by atoms with Crippen molar-refractivity contribution in [1.82, 2.24) is 9.78 Å². The first-order valence-electron chi connectivity index (χ1n) is 6.04. The molecule has 0 fully saturated rings. The van der Waals surface area contributed by atoms with Crippen LogP contribution in [0.25, 0.3) is 0 Å². The number of hydrogen-bond donors (Lipinski definition) is 1. The summed E-state index contributed by atoms with van der Waals surface area (Å²) in [5.41, 5.74) is 8.76. The van der Waals surface area contributed by atoms with Crippen molar-refractivity contribution in [3.63, 3.8) is 0 Å². The van der Waals surface area contributed by atoms with Gasteiger partial charge in [0.2, 0.25) is 0 Å². The van der Waals surface area contributed by atoms with Crippen molar-refractivity contribution in [3.05, 3.63) is 53.9 Å². The maximum atomic E-state index is 6.25. The largest absolute Gasteiger partial charge is 0.326 e. The summed E-state index contributed by atoms with van der Waals surface area (Å²) < 4.78 is 1.95. The molecule has 0 spiro atoms. The highest BCUT2D eigenvalue weighted by molar-refractivity contribution is 5.30. The third kappa shape index (κ3) is 2.39. The summed E-state index contributed by atoms with van der Waals surface area (Å²) in [4.78, 5) is 0. The normalized spacial score (nSPS) is 14.5. The molecule has 2 atom stereocenters. The molecule has 0 saturated carbocycles. The molecule has 0 aliphatic rings. The Morgan fingerprint density at radius 3 is 2.65 bits per heavy atom. The van der Waals surface area contributed by atoms with Crippen LogP contribution < -0.4 is 5.73 Å². The number of aryl methyl sites for hydroxylation is 1. The van der Waals surface area contributed by atoms with Gasteiger partial charge in [0.25, 0.3) is 0 Å². The van der Waals surface area contributed by atoms with Gasteiger partial charge in [-0.15, -0.1) is 0 Å². The molecule has 0 bridgehead atoms. The zero-order valence-corrected chi connectivity index (χ0v) is 10.4. The van der Waals surface area contributed by atoms with Crippen molar-refractivity contribution in [2.75, 3.05) is 0 Å². The fourth-order valence-electron chi connectivity index (χ4n) is 2.16. The minimum Gasteiger partial charge on any atom is -0.326 e. The van der Waals surface area contributed by atoms with Gasteiger partial charge in [-0.25, -0.2) is 0 Å². The van der Waals surface area contributed by atoms with Gasteiger partial charge in [0, 0.05) is 18.4 Å². The van der Waals surface area contributed by atoms with Crippen LogP contribution in [-0.2, 0) is 0 Å². The molecule has 1 aromatic carbocycles. The standard InChI is InChI=1S/C14H19N3/c1-3-13(15)14(17-10-6-9-16-17)12-8-5-4-7-11(12)2/h4-10,13-14H,3,15H2,1-2H3. The van der Waals surface area contributed by atoms with Crippen molar-refractivity contribution < 1.29 is 0 Å². The third-order valence-corrected chi connectivity index (χ3v) is 3.19. The summed E-state index contributed by atoms with van der Waals surface area (Å²) >= 11 is 0. The molecule has 3 heteroatoms. The van der Waals surface area contributed by atoms with Crippen LogP contribution in [0.1, 0.15) is 30.5 Å². The molecule has 0 aliphatic carbocycles. The summed E-state index contributed by atoms with van der Waals surface area (Å²) in [6, 6.07) is 10.5. The Morgan fingerprint density at radius 2 is 2.06 bits per heavy atom. The number of rotatable bonds is 4. The average molecular weight is 229 g/mol. The van der Waals surface area contributed by atoms with Gasteiger partial charge >= 0.3 is 0 Å². The predicted octanol–water partition coefficient (Wildman–Crippen LogP) is 2.52. The maximum absolute atomic E-state index is 6.25. The molecule has 0 saturated heterocycles. The molecule has 0 aliphatic heterocycles. The zero-order chi connectivity index (χ0) is 12.3. The van der Waals surface area contributed by atoms with Gasteiger partial charge in [0.05, 0.1) is 6.04 Å². The van der Waals surface area contributed by atoms with E-state index in [-0.39, 0.29) is 12.1 Å². The molecule has 1 aromatic heterocycles. The van der Waals surface area contributed by atoms with E-state index in [0.29, 0.717) is 0 Å². The van der Waals surface area contributed by atoms with E-state index in [2.05, 4.69) is 43.2 Å². The van der Waals surface area contributed by atoms with E-state index in [1.807, 2.05) is 16.9 Å². The Bertz CT molecular complexity index is 462. The summed E-state index contributed by atoms with van der Waals surface area (Å²) in [7, 11) is 0. The van der Waals surface area contributed by atoms with Crippen LogP contribution in [0.2, 0.25) is 0 Å². The summed E-state index contributed by atoms with van der Waals surface area (Å²) in [5.74, 6) is 0. The van der Waals surface area contributed by atoms with E-state index < -0.39 is 0 Å². The van der Waals surface area contributed by atoms with Crippen LogP contribution in [0.3, 0.4) is 0 Å². The van der Waals surface area contributed by atoms with E-state index in [1.165, 1.54) is 11.1 Å². The van der Waals surface area contributed by atoms with Crippen LogP contribution in [0, 0.1) is 6.92 Å². The smallest absolute Gasteiger partial charge is 0.0921 e. The lowest BCUT2D eigenvalue weighted by atomic mass is 9.94. The minimum absolute atomic E-state index is 0.0796. The quantitative estimate of drug-likeness (QED) is 0.875. The monoisotopic (exact) mass is 229 g/mol. The lowest BCUT2D eigenvalue weighted by molar-refractivity contribution is 0.422. The van der Waals surface area contributed by atoms with E-state index >= 15 is 0 Å². The number of benzene rings is 1. The van der Waals surface area contributed by atoms with Crippen molar-refractivity contribution >= 4 is 0 Å². The van der Waals surface area contributed by atoms with Crippen molar-refractivity contribution in [2.24, 2.45) is 5.73 Å². The van der Waals surface area contributed by atoms with Gasteiger partial charge in [0.15, 0.2) is 0 Å². The highest BCUT2D eigenvalue weighted by atomic mass is 15.3. The molecule has 1 heterocycles. The lowest BCUT2D eigenvalue weighted by Crippen LogP contribution is -2.33. The molecular formula is C14H19N3. The van der Waals surface area contributed by atoms with Gasteiger partial charge < -0.3 is 5.73 Å². The van der Waals surface area contributed by atoms with Crippen LogP contribution in [-0.4, -0.2) is 15.8 Å². The number of aromatic nitrogens is 2. The fourth-order valence-corrected chi connectivity index (χ4v) is 2.16. The Balaban J connectivity index is 2.44. The first-order valence-corrected chi connectivity index (χ1v) is 6.04. The van der Waals surface area contributed by atoms with Gasteiger partial charge in [0.1, 0.15) is 0 Å². The SMILES string of the molecule is CCC(N)C(c1ccccc1C)n1cccn1. The van der Waals surface area contributed by atoms with Crippen molar-refractivity contribution in [2.45, 2.75) is 32.4 Å². The first-order chi connectivity index (χ1) is 8.24. The highest BCUT2D eigenvalue weighted by Crippen LogP contribution is 2.24. The second-order valence-electron chi connectivity index (χ2n) is 4.36. The molecule has 2 unspecified atom stereocenters. The summed E-state index contributed by atoms with van der Waals surface area (Å²) in [5, 5.41) is 4.34. The third-order valence-electron chi connectivity index (χ3n) is 3.19. The highest BCUT2D eigenvalue weighted by Gasteiger charge is 2.21. The predicted molar refractivity (Wildman–Crippen MR) is 69.8 cm³/mol. The summed E-state index contributed by atoms with van der Waals surface area (Å²) in [6.45, 7) is 4.23. The maximum Gasteiger partial charge on any atom is 0.0921 e. The topological polar surface area (TPSA) is 43.8 Å². The van der Waals surface area contributed by atoms with Gasteiger partial charge in [-0.2, -0.15) is 5.10 Å². The Kier molecular flexibility index (Phi) is 3.59. The molecule has 90 valence electrons. The van der Waals surface area contributed by atoms with E-state index in [1.54, 1.807) is 6.20 Å². The lowest BCUT2D eigenvalue weighted by Gasteiger charge is -2.25. The fraction of sp³-hybridized carbons (Fsp3) is 0.357. The average Bonchev–Trinajstić information content (AvgIpc) is 2.85. The second kappa shape index (κ2) is 5.15. The van der Waals surface area contributed by atoms with E-state index in [4.69, 9.17) is 5.73 Å². The molecule has 3 nitrogen and oxygen atoms in total. The second-order valence-corrected chi connectivity index (χ2v) is 4.36. The minimum atomic E-state index is 0.0796.